The van der Waals surface area contributed by atoms with Crippen LogP contribution in [0.2, 0.25) is 0 Å². The Labute approximate surface area is 126 Å². The first kappa shape index (κ1) is 19.8. The van der Waals surface area contributed by atoms with Crippen molar-refractivity contribution in [3.8, 4) is 0 Å². The van der Waals surface area contributed by atoms with E-state index in [0.29, 0.717) is 12.1 Å². The fraction of sp³-hybridized carbons (Fsp3) is 1.00. The number of nitrogens with one attached hydrogen (secondary N) is 1. The van der Waals surface area contributed by atoms with Gasteiger partial charge >= 0.3 is 0 Å². The summed E-state index contributed by atoms with van der Waals surface area (Å²) in [6.07, 6.45) is 2.06. The maximum Gasteiger partial charge on any atom is 0.0611 e. The lowest BCUT2D eigenvalue weighted by Crippen LogP contribution is -2.53. The summed E-state index contributed by atoms with van der Waals surface area (Å²) < 4.78 is 0. The van der Waals surface area contributed by atoms with Crippen LogP contribution in [0, 0.1) is 0 Å². The van der Waals surface area contributed by atoms with Crippen LogP contribution < -0.4 is 5.32 Å². The summed E-state index contributed by atoms with van der Waals surface area (Å²) in [6, 6.07) is 0.982. The normalized spacial score (nSPS) is 18.3. The van der Waals surface area contributed by atoms with Crippen LogP contribution in [0.25, 0.3) is 0 Å². The Morgan fingerprint density at radius 2 is 1.75 bits per heavy atom. The molecule has 0 fully saturated rings. The maximum atomic E-state index is 9.71. The van der Waals surface area contributed by atoms with Crippen molar-refractivity contribution in [1.82, 2.24) is 15.1 Å². The minimum absolute atomic E-state index is 0.180. The molecule has 2 N–H and O–H groups in total. The van der Waals surface area contributed by atoms with Gasteiger partial charge in [-0.15, -0.1) is 0 Å². The molecule has 0 heterocycles. The van der Waals surface area contributed by atoms with Crippen LogP contribution in [-0.2, 0) is 0 Å². The summed E-state index contributed by atoms with van der Waals surface area (Å²) in [5.41, 5.74) is -0.180. The lowest BCUT2D eigenvalue weighted by molar-refractivity contribution is 0.0864. The molecule has 3 unspecified atom stereocenters. The van der Waals surface area contributed by atoms with Gasteiger partial charge in [0.2, 0.25) is 0 Å². The number of nitrogens with zero attached hydrogens (tertiary/aromatic N) is 2. The Balaban J connectivity index is 4.62. The monoisotopic (exact) mass is 287 g/mol. The van der Waals surface area contributed by atoms with Gasteiger partial charge in [-0.3, -0.25) is 4.90 Å². The summed E-state index contributed by atoms with van der Waals surface area (Å²) in [5, 5.41) is 13.2. The van der Waals surface area contributed by atoms with E-state index in [1.165, 1.54) is 0 Å². The van der Waals surface area contributed by atoms with Crippen LogP contribution in [0.5, 0.6) is 0 Å². The van der Waals surface area contributed by atoms with Crippen molar-refractivity contribution in [3.05, 3.63) is 0 Å². The van der Waals surface area contributed by atoms with Gasteiger partial charge in [-0.1, -0.05) is 13.8 Å². The van der Waals surface area contributed by atoms with E-state index in [-0.39, 0.29) is 12.1 Å². The van der Waals surface area contributed by atoms with Crippen LogP contribution in [0.1, 0.15) is 47.5 Å². The lowest BCUT2D eigenvalue weighted by Gasteiger charge is -2.40. The number of aliphatic hydroxyl groups is 1. The topological polar surface area (TPSA) is 38.7 Å². The number of hydrogen-bond acceptors (Lipinski definition) is 4. The fourth-order valence-electron chi connectivity index (χ4n) is 3.08. The van der Waals surface area contributed by atoms with E-state index in [1.54, 1.807) is 0 Å². The minimum Gasteiger partial charge on any atom is -0.394 e. The minimum atomic E-state index is -0.180. The van der Waals surface area contributed by atoms with Gasteiger partial charge in [0.05, 0.1) is 6.61 Å². The summed E-state index contributed by atoms with van der Waals surface area (Å²) in [6.45, 7) is 14.3. The summed E-state index contributed by atoms with van der Waals surface area (Å²) >= 11 is 0. The van der Waals surface area contributed by atoms with Crippen LogP contribution in [0.3, 0.4) is 0 Å². The van der Waals surface area contributed by atoms with Gasteiger partial charge in [0.15, 0.2) is 0 Å². The Kier molecular flexibility index (Phi) is 9.64. The molecule has 0 radical (unpaired) electrons. The van der Waals surface area contributed by atoms with E-state index in [2.05, 4.69) is 63.8 Å². The second-order valence-electron chi connectivity index (χ2n) is 6.64. The molecule has 4 heteroatoms. The zero-order valence-electron chi connectivity index (χ0n) is 14.7. The number of hydrogen-bond donors (Lipinski definition) is 2. The van der Waals surface area contributed by atoms with Crippen molar-refractivity contribution >= 4 is 0 Å². The molecule has 122 valence electrons. The van der Waals surface area contributed by atoms with Crippen molar-refractivity contribution in [2.24, 2.45) is 0 Å². The average molecular weight is 287 g/mol. The van der Waals surface area contributed by atoms with E-state index in [1.807, 2.05) is 0 Å². The number of aliphatic hydroxyl groups excluding tert-OH is 1. The van der Waals surface area contributed by atoms with Crippen molar-refractivity contribution < 1.29 is 5.11 Å². The van der Waals surface area contributed by atoms with Crippen molar-refractivity contribution in [2.75, 3.05) is 40.3 Å². The summed E-state index contributed by atoms with van der Waals surface area (Å²) in [7, 11) is 4.24. The third-order valence-corrected chi connectivity index (χ3v) is 4.02. The molecule has 0 bridgehead atoms. The lowest BCUT2D eigenvalue weighted by atomic mass is 9.93. The van der Waals surface area contributed by atoms with Crippen molar-refractivity contribution in [1.29, 1.82) is 0 Å². The zero-order valence-corrected chi connectivity index (χ0v) is 14.7. The summed E-state index contributed by atoms with van der Waals surface area (Å²) in [4.78, 5) is 4.77. The van der Waals surface area contributed by atoms with Crippen LogP contribution in [0.4, 0.5) is 0 Å². The molecule has 0 aromatic rings. The molecule has 0 aromatic carbocycles. The van der Waals surface area contributed by atoms with Crippen LogP contribution in [-0.4, -0.2) is 72.9 Å². The quantitative estimate of drug-likeness (QED) is 0.608. The van der Waals surface area contributed by atoms with Gasteiger partial charge in [-0.05, 0) is 60.8 Å². The second-order valence-corrected chi connectivity index (χ2v) is 6.64. The molecular weight excluding hydrogens is 250 g/mol. The molecular formula is C16H37N3O. The Morgan fingerprint density at radius 1 is 1.15 bits per heavy atom. The summed E-state index contributed by atoms with van der Waals surface area (Å²) in [5.74, 6) is 0. The molecule has 4 nitrogen and oxygen atoms in total. The Hall–Kier alpha value is -0.160. The first-order valence-electron chi connectivity index (χ1n) is 8.06. The SMILES string of the molecule is CCCNC(C)(CO)CC(C)N(CC)C(C)CN(C)C. The standard InChI is InChI=1S/C16H37N3O/c1-8-10-17-16(5,13-20)11-14(3)19(9-2)15(4)12-18(6)7/h14-15,17,20H,8-13H2,1-7H3. The number of likely N-dealkylation sites (N-methyl/N-ethyl adjacent to an activating group) is 2. The first-order valence-corrected chi connectivity index (χ1v) is 8.06. The van der Waals surface area contributed by atoms with Crippen molar-refractivity contribution in [2.45, 2.75) is 65.1 Å². The highest BCUT2D eigenvalue weighted by Gasteiger charge is 2.29. The van der Waals surface area contributed by atoms with Gasteiger partial charge in [0.1, 0.15) is 0 Å². The third-order valence-electron chi connectivity index (χ3n) is 4.02. The number of rotatable bonds is 11. The Bertz CT molecular complexity index is 248. The predicted octanol–water partition coefficient (Wildman–Crippen LogP) is 1.79. The molecule has 0 spiro atoms. The molecule has 0 amide bonds. The van der Waals surface area contributed by atoms with E-state index in [9.17, 15) is 5.11 Å². The Morgan fingerprint density at radius 3 is 2.15 bits per heavy atom. The van der Waals surface area contributed by atoms with E-state index < -0.39 is 0 Å². The second kappa shape index (κ2) is 9.72. The van der Waals surface area contributed by atoms with E-state index in [4.69, 9.17) is 0 Å². The molecule has 0 aromatic heterocycles. The molecule has 20 heavy (non-hydrogen) atoms. The first-order chi connectivity index (χ1) is 9.29. The molecule has 0 saturated heterocycles. The molecule has 3 atom stereocenters. The maximum absolute atomic E-state index is 9.71. The smallest absolute Gasteiger partial charge is 0.0611 e. The van der Waals surface area contributed by atoms with Crippen molar-refractivity contribution in [3.63, 3.8) is 0 Å². The van der Waals surface area contributed by atoms with Gasteiger partial charge in [0, 0.05) is 24.2 Å². The van der Waals surface area contributed by atoms with Crippen LogP contribution in [0.15, 0.2) is 0 Å². The van der Waals surface area contributed by atoms with Gasteiger partial charge < -0.3 is 15.3 Å². The third kappa shape index (κ3) is 7.02. The predicted molar refractivity (Wildman–Crippen MR) is 88.3 cm³/mol. The average Bonchev–Trinajstić information content (AvgIpc) is 2.36. The molecule has 0 saturated carbocycles. The van der Waals surface area contributed by atoms with Crippen LogP contribution >= 0.6 is 0 Å². The largest absolute Gasteiger partial charge is 0.394 e. The molecule has 0 aliphatic rings. The highest BCUT2D eigenvalue weighted by Crippen LogP contribution is 2.18. The highest BCUT2D eigenvalue weighted by atomic mass is 16.3. The van der Waals surface area contributed by atoms with Gasteiger partial charge in [-0.25, -0.2) is 0 Å². The molecule has 0 rings (SSSR count). The molecule has 0 aliphatic heterocycles. The van der Waals surface area contributed by atoms with Gasteiger partial charge in [-0.2, -0.15) is 0 Å². The molecule has 0 aliphatic carbocycles. The van der Waals surface area contributed by atoms with E-state index in [0.717, 1.165) is 32.5 Å². The van der Waals surface area contributed by atoms with E-state index >= 15 is 0 Å². The fourth-order valence-corrected chi connectivity index (χ4v) is 3.08. The zero-order chi connectivity index (χ0) is 15.8. The van der Waals surface area contributed by atoms with Gasteiger partial charge in [0.25, 0.3) is 0 Å². The highest BCUT2D eigenvalue weighted by molar-refractivity contribution is 4.88.